The number of amides is 1. The average molecular weight is 375 g/mol. The maximum absolute atomic E-state index is 12.6. The van der Waals surface area contributed by atoms with Crippen molar-refractivity contribution in [3.05, 3.63) is 53.7 Å². The molecule has 0 radical (unpaired) electrons. The monoisotopic (exact) mass is 375 g/mol. The molecule has 0 atom stereocenters. The van der Waals surface area contributed by atoms with Crippen LogP contribution in [0.1, 0.15) is 25.0 Å². The Bertz CT molecular complexity index is 862. The molecule has 140 valence electrons. The number of carbonyl (C=O) groups is 1. The molecule has 7 heteroatoms. The van der Waals surface area contributed by atoms with E-state index in [0.717, 1.165) is 21.9 Å². The van der Waals surface area contributed by atoms with Crippen molar-refractivity contribution >= 4 is 21.7 Å². The third-order valence-electron chi connectivity index (χ3n) is 3.82. The van der Waals surface area contributed by atoms with E-state index >= 15 is 0 Å². The minimum atomic E-state index is -3.73. The zero-order valence-electron chi connectivity index (χ0n) is 15.6. The molecule has 1 heterocycles. The Kier molecular flexibility index (Phi) is 6.50. The summed E-state index contributed by atoms with van der Waals surface area (Å²) >= 11 is 0. The van der Waals surface area contributed by atoms with Gasteiger partial charge in [0, 0.05) is 13.2 Å². The van der Waals surface area contributed by atoms with Crippen LogP contribution >= 0.6 is 0 Å². The zero-order valence-corrected chi connectivity index (χ0v) is 16.4. The van der Waals surface area contributed by atoms with Crippen molar-refractivity contribution in [3.8, 4) is 0 Å². The number of benzene rings is 1. The van der Waals surface area contributed by atoms with E-state index < -0.39 is 15.9 Å². The average Bonchev–Trinajstić information content (AvgIpc) is 2.54. The van der Waals surface area contributed by atoms with Gasteiger partial charge in [0.1, 0.15) is 5.82 Å². The number of anilines is 1. The number of hydrogen-bond donors (Lipinski definition) is 1. The molecular weight excluding hydrogens is 350 g/mol. The fourth-order valence-corrected chi connectivity index (χ4v) is 3.65. The van der Waals surface area contributed by atoms with Crippen LogP contribution < -0.4 is 5.32 Å². The molecule has 0 aliphatic heterocycles. The molecule has 1 aromatic heterocycles. The van der Waals surface area contributed by atoms with E-state index in [1.54, 1.807) is 24.4 Å². The van der Waals surface area contributed by atoms with Gasteiger partial charge in [0.15, 0.2) is 0 Å². The van der Waals surface area contributed by atoms with Crippen molar-refractivity contribution in [3.63, 3.8) is 0 Å². The van der Waals surface area contributed by atoms with Gasteiger partial charge in [-0.05, 0) is 54.7 Å². The number of likely N-dealkylation sites (N-methyl/N-ethyl adjacent to an activating group) is 1. The van der Waals surface area contributed by atoms with Gasteiger partial charge in [-0.15, -0.1) is 0 Å². The highest BCUT2D eigenvalue weighted by Crippen LogP contribution is 2.17. The molecule has 0 saturated carbocycles. The molecule has 26 heavy (non-hydrogen) atoms. The zero-order chi connectivity index (χ0) is 19.3. The Morgan fingerprint density at radius 3 is 2.42 bits per heavy atom. The number of nitrogens with one attached hydrogen (secondary N) is 1. The Balaban J connectivity index is 2.04. The van der Waals surface area contributed by atoms with Gasteiger partial charge >= 0.3 is 0 Å². The first-order chi connectivity index (χ1) is 12.2. The van der Waals surface area contributed by atoms with Gasteiger partial charge in [-0.3, -0.25) is 4.79 Å². The second kappa shape index (κ2) is 8.42. The third kappa shape index (κ3) is 5.37. The van der Waals surface area contributed by atoms with Crippen LogP contribution in [0.3, 0.4) is 0 Å². The summed E-state index contributed by atoms with van der Waals surface area (Å²) in [6.45, 7) is 5.82. The number of hydrogen-bond acceptors (Lipinski definition) is 4. The summed E-state index contributed by atoms with van der Waals surface area (Å²) in [4.78, 5) is 16.3. The molecule has 0 saturated heterocycles. The van der Waals surface area contributed by atoms with Crippen molar-refractivity contribution in [1.82, 2.24) is 9.29 Å². The van der Waals surface area contributed by atoms with Gasteiger partial charge in [0.2, 0.25) is 15.9 Å². The van der Waals surface area contributed by atoms with Crippen LogP contribution in [0, 0.1) is 12.8 Å². The highest BCUT2D eigenvalue weighted by atomic mass is 32.2. The second-order valence-electron chi connectivity index (χ2n) is 6.77. The predicted octanol–water partition coefficient (Wildman–Crippen LogP) is 2.85. The van der Waals surface area contributed by atoms with Gasteiger partial charge in [-0.1, -0.05) is 26.0 Å². The maximum Gasteiger partial charge on any atom is 0.243 e. The van der Waals surface area contributed by atoms with Crippen molar-refractivity contribution in [2.24, 2.45) is 5.92 Å². The molecule has 1 N–H and O–H groups in total. The van der Waals surface area contributed by atoms with Crippen LogP contribution in [-0.4, -0.2) is 37.2 Å². The SMILES string of the molecule is Cc1ccnc(NC(=O)CN(C)S(=O)(=O)c2ccc(CC(C)C)cc2)c1. The van der Waals surface area contributed by atoms with Crippen LogP contribution in [0.25, 0.3) is 0 Å². The summed E-state index contributed by atoms with van der Waals surface area (Å²) < 4.78 is 26.3. The van der Waals surface area contributed by atoms with Crippen LogP contribution in [0.5, 0.6) is 0 Å². The van der Waals surface area contributed by atoms with E-state index in [0.29, 0.717) is 11.7 Å². The molecule has 0 fully saturated rings. The molecule has 1 aromatic carbocycles. The van der Waals surface area contributed by atoms with Crippen molar-refractivity contribution in [2.45, 2.75) is 32.1 Å². The summed E-state index contributed by atoms with van der Waals surface area (Å²) in [5.41, 5.74) is 2.04. The molecular formula is C19H25N3O3S. The van der Waals surface area contributed by atoms with Crippen LogP contribution in [-0.2, 0) is 21.2 Å². The molecule has 0 unspecified atom stereocenters. The summed E-state index contributed by atoms with van der Waals surface area (Å²) in [5.74, 6) is 0.462. The lowest BCUT2D eigenvalue weighted by molar-refractivity contribution is -0.116. The van der Waals surface area contributed by atoms with Crippen LogP contribution in [0.2, 0.25) is 0 Å². The van der Waals surface area contributed by atoms with Crippen molar-refractivity contribution in [1.29, 1.82) is 0 Å². The quantitative estimate of drug-likeness (QED) is 0.807. The van der Waals surface area contributed by atoms with Crippen LogP contribution in [0.15, 0.2) is 47.5 Å². The molecule has 2 aromatic rings. The number of nitrogens with zero attached hydrogens (tertiary/aromatic N) is 2. The van der Waals surface area contributed by atoms with E-state index in [-0.39, 0.29) is 11.4 Å². The highest BCUT2D eigenvalue weighted by Gasteiger charge is 2.23. The minimum absolute atomic E-state index is 0.175. The van der Waals surface area contributed by atoms with E-state index in [1.807, 2.05) is 25.1 Å². The van der Waals surface area contributed by atoms with E-state index in [9.17, 15) is 13.2 Å². The van der Waals surface area contributed by atoms with E-state index in [1.165, 1.54) is 7.05 Å². The lowest BCUT2D eigenvalue weighted by atomic mass is 10.0. The number of sulfonamides is 1. The normalized spacial score (nSPS) is 11.8. The minimum Gasteiger partial charge on any atom is -0.310 e. The smallest absolute Gasteiger partial charge is 0.243 e. The van der Waals surface area contributed by atoms with Crippen molar-refractivity contribution < 1.29 is 13.2 Å². The third-order valence-corrected chi connectivity index (χ3v) is 5.64. The summed E-state index contributed by atoms with van der Waals surface area (Å²) in [7, 11) is -2.34. The number of aryl methyl sites for hydroxylation is 1. The number of pyridine rings is 1. The number of rotatable bonds is 7. The summed E-state index contributed by atoms with van der Waals surface area (Å²) in [6.07, 6.45) is 2.48. The van der Waals surface area contributed by atoms with E-state index in [2.05, 4.69) is 24.1 Å². The Morgan fingerprint density at radius 1 is 1.19 bits per heavy atom. The molecule has 1 amide bonds. The first kappa shape index (κ1) is 20.1. The van der Waals surface area contributed by atoms with Crippen LogP contribution in [0.4, 0.5) is 5.82 Å². The molecule has 0 aliphatic carbocycles. The van der Waals surface area contributed by atoms with Gasteiger partial charge in [0.25, 0.3) is 0 Å². The highest BCUT2D eigenvalue weighted by molar-refractivity contribution is 7.89. The Labute approximate surface area is 155 Å². The Morgan fingerprint density at radius 2 is 1.85 bits per heavy atom. The topological polar surface area (TPSA) is 79.4 Å². The largest absolute Gasteiger partial charge is 0.310 e. The second-order valence-corrected chi connectivity index (χ2v) is 8.81. The van der Waals surface area contributed by atoms with Gasteiger partial charge in [-0.2, -0.15) is 4.31 Å². The Hall–Kier alpha value is -2.25. The van der Waals surface area contributed by atoms with Gasteiger partial charge in [0.05, 0.1) is 11.4 Å². The van der Waals surface area contributed by atoms with Gasteiger partial charge in [-0.25, -0.2) is 13.4 Å². The fraction of sp³-hybridized carbons (Fsp3) is 0.368. The summed E-state index contributed by atoms with van der Waals surface area (Å²) in [6, 6.07) is 10.3. The fourth-order valence-electron chi connectivity index (χ4n) is 2.52. The standard InChI is InChI=1S/C19H25N3O3S/c1-14(2)11-16-5-7-17(8-6-16)26(24,25)22(4)13-19(23)21-18-12-15(3)9-10-20-18/h5-10,12,14H,11,13H2,1-4H3,(H,20,21,23). The first-order valence-corrected chi connectivity index (χ1v) is 9.90. The molecule has 2 rings (SSSR count). The summed E-state index contributed by atoms with van der Waals surface area (Å²) in [5, 5.41) is 2.61. The predicted molar refractivity (Wildman–Crippen MR) is 102 cm³/mol. The molecule has 0 spiro atoms. The molecule has 0 aliphatic rings. The molecule has 0 bridgehead atoms. The first-order valence-electron chi connectivity index (χ1n) is 8.46. The van der Waals surface area contributed by atoms with E-state index in [4.69, 9.17) is 0 Å². The number of carbonyl (C=O) groups excluding carboxylic acids is 1. The molecule has 6 nitrogen and oxygen atoms in total. The lowest BCUT2D eigenvalue weighted by Crippen LogP contribution is -2.35. The lowest BCUT2D eigenvalue weighted by Gasteiger charge is -2.17. The van der Waals surface area contributed by atoms with Gasteiger partial charge < -0.3 is 5.32 Å². The number of aromatic nitrogens is 1. The van der Waals surface area contributed by atoms with Crippen molar-refractivity contribution in [2.75, 3.05) is 18.9 Å². The maximum atomic E-state index is 12.6.